The molecule has 136 valence electrons. The van der Waals surface area contributed by atoms with Gasteiger partial charge in [-0.05, 0) is 50.3 Å². The van der Waals surface area contributed by atoms with Gasteiger partial charge in [0.1, 0.15) is 11.9 Å². The maximum absolute atomic E-state index is 13.4. The highest BCUT2D eigenvalue weighted by Crippen LogP contribution is 2.40. The number of aryl methyl sites for hydroxylation is 1. The largest absolute Gasteiger partial charge is 0.480 e. The van der Waals surface area contributed by atoms with Crippen LogP contribution < -0.4 is 0 Å². The average molecular weight is 356 g/mol. The smallest absolute Gasteiger partial charge is 0.326 e. The van der Waals surface area contributed by atoms with Crippen LogP contribution in [0, 0.1) is 18.7 Å². The molecule has 1 amide bonds. The molecule has 0 spiro atoms. The molecule has 0 bridgehead atoms. The molecule has 1 saturated carbocycles. The molecule has 1 saturated heterocycles. The van der Waals surface area contributed by atoms with E-state index in [0.29, 0.717) is 28.6 Å². The van der Waals surface area contributed by atoms with Crippen molar-refractivity contribution < 1.29 is 19.1 Å². The van der Waals surface area contributed by atoms with Crippen LogP contribution >= 0.6 is 0 Å². The van der Waals surface area contributed by atoms with Crippen molar-refractivity contribution in [1.29, 1.82) is 0 Å². The Balaban J connectivity index is 1.75. The van der Waals surface area contributed by atoms with E-state index in [9.17, 15) is 19.1 Å². The van der Waals surface area contributed by atoms with E-state index < -0.39 is 12.0 Å². The first-order valence-electron chi connectivity index (χ1n) is 9.08. The van der Waals surface area contributed by atoms with Crippen molar-refractivity contribution in [2.45, 2.75) is 51.1 Å². The molecule has 4 rings (SSSR count). The van der Waals surface area contributed by atoms with Gasteiger partial charge in [-0.1, -0.05) is 12.8 Å². The summed E-state index contributed by atoms with van der Waals surface area (Å²) < 4.78 is 13.4. The first kappa shape index (κ1) is 16.9. The Morgan fingerprint density at radius 3 is 2.77 bits per heavy atom. The van der Waals surface area contributed by atoms with Crippen molar-refractivity contribution in [3.8, 4) is 0 Å². The number of hydrogen-bond donors (Lipinski definition) is 1. The SMILES string of the molecule is Cc1nc2cc(F)ccc2cc1C(=O)N1C(C(=O)O)CC2CCCCC21. The minimum absolute atomic E-state index is 0.0133. The van der Waals surface area contributed by atoms with Gasteiger partial charge in [0.25, 0.3) is 5.91 Å². The summed E-state index contributed by atoms with van der Waals surface area (Å²) in [5.41, 5.74) is 1.39. The number of amides is 1. The van der Waals surface area contributed by atoms with E-state index in [0.717, 1.165) is 25.7 Å². The second-order valence-electron chi connectivity index (χ2n) is 7.37. The van der Waals surface area contributed by atoms with Crippen molar-refractivity contribution in [2.24, 2.45) is 5.92 Å². The summed E-state index contributed by atoms with van der Waals surface area (Å²) in [5.74, 6) is -1.33. The summed E-state index contributed by atoms with van der Waals surface area (Å²) in [6, 6.07) is 5.18. The lowest BCUT2D eigenvalue weighted by atomic mass is 9.84. The Morgan fingerprint density at radius 1 is 1.23 bits per heavy atom. The zero-order valence-corrected chi connectivity index (χ0v) is 14.6. The van der Waals surface area contributed by atoms with Gasteiger partial charge in [0.05, 0.1) is 16.8 Å². The number of aromatic nitrogens is 1. The normalized spacial score (nSPS) is 25.3. The average Bonchev–Trinajstić information content (AvgIpc) is 3.00. The fourth-order valence-electron chi connectivity index (χ4n) is 4.56. The molecule has 1 aliphatic carbocycles. The quantitative estimate of drug-likeness (QED) is 0.893. The molecule has 1 N–H and O–H groups in total. The fourth-order valence-corrected chi connectivity index (χ4v) is 4.56. The highest BCUT2D eigenvalue weighted by molar-refractivity contribution is 6.00. The molecule has 3 unspecified atom stereocenters. The number of benzene rings is 1. The lowest BCUT2D eigenvalue weighted by Crippen LogP contribution is -2.46. The summed E-state index contributed by atoms with van der Waals surface area (Å²) in [5, 5.41) is 10.3. The molecule has 2 fully saturated rings. The molecule has 1 aromatic carbocycles. The third-order valence-electron chi connectivity index (χ3n) is 5.81. The number of nitrogens with zero attached hydrogens (tertiary/aromatic N) is 2. The number of hydrogen-bond acceptors (Lipinski definition) is 3. The number of pyridine rings is 1. The first-order chi connectivity index (χ1) is 12.5. The van der Waals surface area contributed by atoms with E-state index in [4.69, 9.17) is 0 Å². The van der Waals surface area contributed by atoms with E-state index >= 15 is 0 Å². The van der Waals surface area contributed by atoms with Crippen molar-refractivity contribution >= 4 is 22.8 Å². The van der Waals surface area contributed by atoms with Crippen molar-refractivity contribution in [3.63, 3.8) is 0 Å². The van der Waals surface area contributed by atoms with Crippen LogP contribution in [0.5, 0.6) is 0 Å². The summed E-state index contributed by atoms with van der Waals surface area (Å²) >= 11 is 0. The van der Waals surface area contributed by atoms with Crippen molar-refractivity contribution in [1.82, 2.24) is 9.88 Å². The topological polar surface area (TPSA) is 70.5 Å². The van der Waals surface area contributed by atoms with E-state index in [1.54, 1.807) is 24.0 Å². The second-order valence-corrected chi connectivity index (χ2v) is 7.37. The minimum Gasteiger partial charge on any atom is -0.480 e. The molecule has 2 heterocycles. The standard InChI is InChI=1S/C20H21FN2O3/c1-11-15(8-12-6-7-14(21)10-16(12)22-11)19(24)23-17-5-3-2-4-13(17)9-18(23)20(25)26/h6-8,10,13,17-18H,2-5,9H2,1H3,(H,25,26). The predicted molar refractivity (Wildman–Crippen MR) is 94.4 cm³/mol. The van der Waals surface area contributed by atoms with Crippen LogP contribution in [-0.2, 0) is 4.79 Å². The van der Waals surface area contributed by atoms with Crippen LogP contribution in [0.4, 0.5) is 4.39 Å². The van der Waals surface area contributed by atoms with Gasteiger partial charge in [-0.2, -0.15) is 0 Å². The van der Waals surface area contributed by atoms with Gasteiger partial charge >= 0.3 is 5.97 Å². The molecular weight excluding hydrogens is 335 g/mol. The number of fused-ring (bicyclic) bond motifs is 2. The number of halogens is 1. The van der Waals surface area contributed by atoms with Gasteiger partial charge < -0.3 is 10.0 Å². The Morgan fingerprint density at radius 2 is 2.00 bits per heavy atom. The molecular formula is C20H21FN2O3. The molecule has 26 heavy (non-hydrogen) atoms. The van der Waals surface area contributed by atoms with Gasteiger partial charge in [0.2, 0.25) is 0 Å². The number of carboxylic acid groups (broad SMARTS) is 1. The van der Waals surface area contributed by atoms with Crippen LogP contribution in [0.3, 0.4) is 0 Å². The first-order valence-corrected chi connectivity index (χ1v) is 9.08. The summed E-state index contributed by atoms with van der Waals surface area (Å²) in [7, 11) is 0. The zero-order chi connectivity index (χ0) is 18.4. The van der Waals surface area contributed by atoms with Crippen LogP contribution in [0.2, 0.25) is 0 Å². The molecule has 1 aliphatic heterocycles. The number of carboxylic acids is 1. The Bertz CT molecular complexity index is 898. The van der Waals surface area contributed by atoms with Gasteiger partial charge in [-0.15, -0.1) is 0 Å². The van der Waals surface area contributed by atoms with E-state index in [2.05, 4.69) is 4.98 Å². The van der Waals surface area contributed by atoms with Crippen LogP contribution in [0.15, 0.2) is 24.3 Å². The summed E-state index contributed by atoms with van der Waals surface area (Å²) in [4.78, 5) is 31.0. The predicted octanol–water partition coefficient (Wildman–Crippen LogP) is 3.54. The maximum Gasteiger partial charge on any atom is 0.326 e. The van der Waals surface area contributed by atoms with Crippen LogP contribution in [0.25, 0.3) is 10.9 Å². The fraction of sp³-hybridized carbons (Fsp3) is 0.450. The number of carbonyl (C=O) groups is 2. The molecule has 2 aliphatic rings. The molecule has 6 heteroatoms. The highest BCUT2D eigenvalue weighted by atomic mass is 19.1. The van der Waals surface area contributed by atoms with Gasteiger partial charge in [0, 0.05) is 17.5 Å². The number of likely N-dealkylation sites (tertiary alicyclic amines) is 1. The Kier molecular flexibility index (Phi) is 4.13. The number of rotatable bonds is 2. The van der Waals surface area contributed by atoms with Crippen molar-refractivity contribution in [2.75, 3.05) is 0 Å². The molecule has 5 nitrogen and oxygen atoms in total. The van der Waals surface area contributed by atoms with E-state index in [1.807, 2.05) is 0 Å². The monoisotopic (exact) mass is 356 g/mol. The number of aliphatic carboxylic acids is 1. The molecule has 3 atom stereocenters. The zero-order valence-electron chi connectivity index (χ0n) is 14.6. The summed E-state index contributed by atoms with van der Waals surface area (Å²) in [6.07, 6.45) is 4.47. The summed E-state index contributed by atoms with van der Waals surface area (Å²) in [6.45, 7) is 1.71. The second kappa shape index (κ2) is 6.34. The van der Waals surface area contributed by atoms with Gasteiger partial charge in [-0.3, -0.25) is 9.78 Å². The Labute approximate surface area is 150 Å². The maximum atomic E-state index is 13.4. The highest BCUT2D eigenvalue weighted by Gasteiger charge is 2.47. The van der Waals surface area contributed by atoms with Crippen molar-refractivity contribution in [3.05, 3.63) is 41.3 Å². The van der Waals surface area contributed by atoms with Crippen LogP contribution in [-0.4, -0.2) is 39.0 Å². The molecule has 0 radical (unpaired) electrons. The van der Waals surface area contributed by atoms with E-state index in [-0.39, 0.29) is 23.7 Å². The number of carbonyl (C=O) groups excluding carboxylic acids is 1. The molecule has 1 aromatic heterocycles. The third-order valence-corrected chi connectivity index (χ3v) is 5.81. The minimum atomic E-state index is -0.943. The molecule has 2 aromatic rings. The van der Waals surface area contributed by atoms with Crippen LogP contribution in [0.1, 0.15) is 48.2 Å². The lowest BCUT2D eigenvalue weighted by molar-refractivity contribution is -0.141. The van der Waals surface area contributed by atoms with Gasteiger partial charge in [0.15, 0.2) is 0 Å². The van der Waals surface area contributed by atoms with E-state index in [1.165, 1.54) is 12.1 Å². The van der Waals surface area contributed by atoms with Gasteiger partial charge in [-0.25, -0.2) is 9.18 Å². The lowest BCUT2D eigenvalue weighted by Gasteiger charge is -2.33. The Hall–Kier alpha value is -2.50. The third kappa shape index (κ3) is 2.73.